The quantitative estimate of drug-likeness (QED) is 0.723. The first kappa shape index (κ1) is 11.0. The number of aromatic nitrogens is 2. The number of halogens is 1. The Morgan fingerprint density at radius 2 is 1.89 bits per heavy atom. The predicted molar refractivity (Wildman–Crippen MR) is 71.6 cm³/mol. The third-order valence-electron chi connectivity index (χ3n) is 2.81. The summed E-state index contributed by atoms with van der Waals surface area (Å²) in [6.07, 6.45) is 4.85. The fourth-order valence-electron chi connectivity index (χ4n) is 1.94. The van der Waals surface area contributed by atoms with Crippen LogP contribution in [0.1, 0.15) is 0 Å². The van der Waals surface area contributed by atoms with Gasteiger partial charge in [-0.15, -0.1) is 0 Å². The van der Waals surface area contributed by atoms with Crippen molar-refractivity contribution in [3.63, 3.8) is 0 Å². The maximum Gasteiger partial charge on any atom is 0.149 e. The molecular weight excluding hydrogens is 248 g/mol. The maximum absolute atomic E-state index is 10.3. The number of rotatable bonds is 1. The zero-order valence-electron chi connectivity index (χ0n) is 9.34. The minimum atomic E-state index is 0.140. The van der Waals surface area contributed by atoms with Gasteiger partial charge in [0.25, 0.3) is 0 Å². The van der Waals surface area contributed by atoms with E-state index in [4.69, 9.17) is 11.6 Å². The van der Waals surface area contributed by atoms with Crippen molar-refractivity contribution in [3.05, 3.63) is 53.9 Å². The lowest BCUT2D eigenvalue weighted by Gasteiger charge is -2.08. The summed E-state index contributed by atoms with van der Waals surface area (Å²) in [7, 11) is 0. The second kappa shape index (κ2) is 4.27. The summed E-state index contributed by atoms with van der Waals surface area (Å²) in [6, 6.07) is 9.25. The summed E-state index contributed by atoms with van der Waals surface area (Å²) in [6.45, 7) is 0. The lowest BCUT2D eigenvalue weighted by atomic mass is 10.0. The first-order valence-electron chi connectivity index (χ1n) is 5.44. The molecule has 0 unspecified atom stereocenters. The Morgan fingerprint density at radius 1 is 1.00 bits per heavy atom. The van der Waals surface area contributed by atoms with Gasteiger partial charge in [-0.25, -0.2) is 0 Å². The van der Waals surface area contributed by atoms with E-state index in [2.05, 4.69) is 9.97 Å². The van der Waals surface area contributed by atoms with Crippen LogP contribution in [-0.2, 0) is 0 Å². The molecule has 1 aromatic carbocycles. The Bertz CT molecular complexity index is 728. The fraction of sp³-hybridized carbons (Fsp3) is 0. The van der Waals surface area contributed by atoms with Gasteiger partial charge in [-0.1, -0.05) is 23.7 Å². The predicted octanol–water partition coefficient (Wildman–Crippen LogP) is 3.66. The summed E-state index contributed by atoms with van der Waals surface area (Å²) in [5, 5.41) is 11.7. The molecule has 0 radical (unpaired) electrons. The monoisotopic (exact) mass is 256 g/mol. The van der Waals surface area contributed by atoms with Crippen LogP contribution in [0.2, 0.25) is 5.02 Å². The number of aromatic hydroxyl groups is 1. The molecule has 0 saturated heterocycles. The van der Waals surface area contributed by atoms with Gasteiger partial charge in [-0.2, -0.15) is 0 Å². The first-order valence-corrected chi connectivity index (χ1v) is 5.82. The lowest BCUT2D eigenvalue weighted by Crippen LogP contribution is -1.85. The van der Waals surface area contributed by atoms with Crippen LogP contribution in [0.4, 0.5) is 0 Å². The van der Waals surface area contributed by atoms with Gasteiger partial charge in [0.15, 0.2) is 0 Å². The van der Waals surface area contributed by atoms with Gasteiger partial charge >= 0.3 is 0 Å². The number of hydrogen-bond acceptors (Lipinski definition) is 3. The van der Waals surface area contributed by atoms with Gasteiger partial charge in [-0.3, -0.25) is 9.97 Å². The SMILES string of the molecule is Oc1c(-c2ccncc2Cl)ccc2cccnc12. The molecule has 2 aromatic heterocycles. The Morgan fingerprint density at radius 3 is 2.72 bits per heavy atom. The minimum absolute atomic E-state index is 0.140. The molecule has 0 aliphatic heterocycles. The van der Waals surface area contributed by atoms with Gasteiger partial charge in [0.05, 0.1) is 5.02 Å². The van der Waals surface area contributed by atoms with E-state index in [1.165, 1.54) is 0 Å². The first-order chi connectivity index (χ1) is 8.77. The summed E-state index contributed by atoms with van der Waals surface area (Å²) < 4.78 is 0. The highest BCUT2D eigenvalue weighted by molar-refractivity contribution is 6.33. The molecule has 0 aliphatic carbocycles. The maximum atomic E-state index is 10.3. The number of phenolic OH excluding ortho intramolecular Hbond substituents is 1. The highest BCUT2D eigenvalue weighted by Gasteiger charge is 2.11. The second-order valence-corrected chi connectivity index (χ2v) is 4.30. The topological polar surface area (TPSA) is 46.0 Å². The number of nitrogens with zero attached hydrogens (tertiary/aromatic N) is 2. The number of phenols is 1. The summed E-state index contributed by atoms with van der Waals surface area (Å²) in [5.74, 6) is 0.140. The van der Waals surface area contributed by atoms with Gasteiger partial charge in [0.1, 0.15) is 11.3 Å². The molecule has 4 heteroatoms. The van der Waals surface area contributed by atoms with E-state index in [1.54, 1.807) is 24.7 Å². The van der Waals surface area contributed by atoms with E-state index in [-0.39, 0.29) is 5.75 Å². The Labute approximate surface area is 109 Å². The summed E-state index contributed by atoms with van der Waals surface area (Å²) in [5.41, 5.74) is 1.98. The van der Waals surface area contributed by atoms with Crippen molar-refractivity contribution in [1.82, 2.24) is 9.97 Å². The largest absolute Gasteiger partial charge is 0.505 e. The molecule has 2 heterocycles. The molecule has 88 valence electrons. The van der Waals surface area contributed by atoms with Crippen LogP contribution in [0.5, 0.6) is 5.75 Å². The van der Waals surface area contributed by atoms with Gasteiger partial charge in [0, 0.05) is 35.1 Å². The summed E-state index contributed by atoms with van der Waals surface area (Å²) in [4.78, 5) is 8.12. The van der Waals surface area contributed by atoms with Gasteiger partial charge in [-0.05, 0) is 18.2 Å². The van der Waals surface area contributed by atoms with Crippen molar-refractivity contribution >= 4 is 22.5 Å². The normalized spacial score (nSPS) is 10.7. The van der Waals surface area contributed by atoms with Crippen LogP contribution in [0, 0.1) is 0 Å². The number of benzene rings is 1. The average molecular weight is 257 g/mol. The van der Waals surface area contributed by atoms with Crippen molar-refractivity contribution in [1.29, 1.82) is 0 Å². The Balaban J connectivity index is 2.31. The zero-order valence-corrected chi connectivity index (χ0v) is 10.1. The molecule has 0 spiro atoms. The molecule has 1 N–H and O–H groups in total. The number of hydrogen-bond donors (Lipinski definition) is 1. The van der Waals surface area contributed by atoms with Crippen molar-refractivity contribution < 1.29 is 5.11 Å². The fourth-order valence-corrected chi connectivity index (χ4v) is 2.16. The standard InChI is InChI=1S/C14H9ClN2O/c15-12-8-16-7-5-10(12)11-4-3-9-2-1-6-17-13(9)14(11)18/h1-8,18H. The number of pyridine rings is 2. The lowest BCUT2D eigenvalue weighted by molar-refractivity contribution is 0.482. The molecule has 0 amide bonds. The molecule has 0 fully saturated rings. The molecule has 0 atom stereocenters. The zero-order chi connectivity index (χ0) is 12.5. The minimum Gasteiger partial charge on any atom is -0.505 e. The summed E-state index contributed by atoms with van der Waals surface area (Å²) >= 11 is 6.09. The third-order valence-corrected chi connectivity index (χ3v) is 3.11. The average Bonchev–Trinajstić information content (AvgIpc) is 2.41. The molecule has 3 rings (SSSR count). The van der Waals surface area contributed by atoms with Crippen molar-refractivity contribution in [3.8, 4) is 16.9 Å². The number of fused-ring (bicyclic) bond motifs is 1. The molecule has 3 nitrogen and oxygen atoms in total. The van der Waals surface area contributed by atoms with E-state index in [9.17, 15) is 5.11 Å². The van der Waals surface area contributed by atoms with Crippen LogP contribution in [-0.4, -0.2) is 15.1 Å². The smallest absolute Gasteiger partial charge is 0.149 e. The van der Waals surface area contributed by atoms with Crippen LogP contribution in [0.3, 0.4) is 0 Å². The molecule has 18 heavy (non-hydrogen) atoms. The highest BCUT2D eigenvalue weighted by atomic mass is 35.5. The van der Waals surface area contributed by atoms with Crippen LogP contribution in [0.25, 0.3) is 22.0 Å². The van der Waals surface area contributed by atoms with Crippen LogP contribution >= 0.6 is 11.6 Å². The van der Waals surface area contributed by atoms with Crippen molar-refractivity contribution in [2.45, 2.75) is 0 Å². The van der Waals surface area contributed by atoms with E-state index in [0.717, 1.165) is 10.9 Å². The van der Waals surface area contributed by atoms with Gasteiger partial charge in [0.2, 0.25) is 0 Å². The van der Waals surface area contributed by atoms with Crippen LogP contribution < -0.4 is 0 Å². The molecule has 0 bridgehead atoms. The highest BCUT2D eigenvalue weighted by Crippen LogP contribution is 2.37. The molecule has 3 aromatic rings. The van der Waals surface area contributed by atoms with E-state index < -0.39 is 0 Å². The Kier molecular flexibility index (Phi) is 2.61. The molecule has 0 aliphatic rings. The van der Waals surface area contributed by atoms with Crippen molar-refractivity contribution in [2.24, 2.45) is 0 Å². The molecule has 0 saturated carbocycles. The second-order valence-electron chi connectivity index (χ2n) is 3.89. The van der Waals surface area contributed by atoms with E-state index in [1.807, 2.05) is 24.3 Å². The van der Waals surface area contributed by atoms with Gasteiger partial charge < -0.3 is 5.11 Å². The van der Waals surface area contributed by atoms with E-state index in [0.29, 0.717) is 16.1 Å². The van der Waals surface area contributed by atoms with Crippen molar-refractivity contribution in [2.75, 3.05) is 0 Å². The van der Waals surface area contributed by atoms with Crippen LogP contribution in [0.15, 0.2) is 48.9 Å². The third kappa shape index (κ3) is 1.69. The molecular formula is C14H9ClN2O. The van der Waals surface area contributed by atoms with E-state index >= 15 is 0 Å². The Hall–Kier alpha value is -2.13.